The maximum Gasteiger partial charge on any atom is 0.335 e. The van der Waals surface area contributed by atoms with Gasteiger partial charge >= 0.3 is 11.9 Å². The molecule has 0 aliphatic rings. The van der Waals surface area contributed by atoms with E-state index in [0.29, 0.717) is 15.5 Å². The van der Waals surface area contributed by atoms with Crippen molar-refractivity contribution in [2.45, 2.75) is 16.2 Å². The van der Waals surface area contributed by atoms with Gasteiger partial charge in [-0.3, -0.25) is 4.79 Å². The molecule has 0 amide bonds. The summed E-state index contributed by atoms with van der Waals surface area (Å²) < 4.78 is 0. The maximum atomic E-state index is 11.0. The van der Waals surface area contributed by atoms with E-state index in [4.69, 9.17) is 21.8 Å². The zero-order chi connectivity index (χ0) is 15.4. The molecule has 0 unspecified atom stereocenters. The van der Waals surface area contributed by atoms with Crippen LogP contribution in [0.4, 0.5) is 0 Å². The number of halogens is 1. The number of hydrogen-bond donors (Lipinski definition) is 2. The van der Waals surface area contributed by atoms with Crippen molar-refractivity contribution in [3.8, 4) is 0 Å². The molecule has 0 saturated carbocycles. The minimum absolute atomic E-state index is 0.0757. The van der Waals surface area contributed by atoms with Crippen molar-refractivity contribution in [2.24, 2.45) is 0 Å². The first-order valence-corrected chi connectivity index (χ1v) is 7.16. The van der Waals surface area contributed by atoms with Gasteiger partial charge in [-0.15, -0.1) is 0 Å². The van der Waals surface area contributed by atoms with E-state index >= 15 is 0 Å². The second kappa shape index (κ2) is 6.65. The standard InChI is InChI=1S/C15H11ClO4S/c16-11-2-4-12(5-3-11)21-13-6-1-9(15(19)20)7-10(13)8-14(17)18/h1-7H,8H2,(H,17,18)(H,19,20). The van der Waals surface area contributed by atoms with Crippen molar-refractivity contribution in [3.05, 3.63) is 58.6 Å². The van der Waals surface area contributed by atoms with Gasteiger partial charge in [0.25, 0.3) is 0 Å². The molecule has 0 fully saturated rings. The summed E-state index contributed by atoms with van der Waals surface area (Å²) in [4.78, 5) is 23.5. The molecule has 0 aliphatic carbocycles. The highest BCUT2D eigenvalue weighted by Crippen LogP contribution is 2.32. The Morgan fingerprint density at radius 1 is 1.05 bits per heavy atom. The Kier molecular flexibility index (Phi) is 4.88. The van der Waals surface area contributed by atoms with Crippen molar-refractivity contribution in [1.82, 2.24) is 0 Å². The highest BCUT2D eigenvalue weighted by Gasteiger charge is 2.12. The molecule has 0 atom stereocenters. The van der Waals surface area contributed by atoms with Gasteiger partial charge in [-0.2, -0.15) is 0 Å². The Morgan fingerprint density at radius 3 is 2.29 bits per heavy atom. The number of carbonyl (C=O) groups is 2. The Balaban J connectivity index is 2.34. The largest absolute Gasteiger partial charge is 0.481 e. The maximum absolute atomic E-state index is 11.0. The smallest absolute Gasteiger partial charge is 0.335 e. The van der Waals surface area contributed by atoms with E-state index in [0.717, 1.165) is 4.90 Å². The van der Waals surface area contributed by atoms with E-state index in [1.54, 1.807) is 18.2 Å². The summed E-state index contributed by atoms with van der Waals surface area (Å²) in [6.45, 7) is 0. The first-order chi connectivity index (χ1) is 9.95. The summed E-state index contributed by atoms with van der Waals surface area (Å²) in [5, 5.41) is 18.6. The zero-order valence-corrected chi connectivity index (χ0v) is 12.3. The minimum atomic E-state index is -1.08. The van der Waals surface area contributed by atoms with Gasteiger partial charge in [-0.1, -0.05) is 23.4 Å². The highest BCUT2D eigenvalue weighted by atomic mass is 35.5. The number of carboxylic acids is 2. The predicted octanol–water partition coefficient (Wildman–Crippen LogP) is 3.82. The van der Waals surface area contributed by atoms with E-state index < -0.39 is 11.9 Å². The highest BCUT2D eigenvalue weighted by molar-refractivity contribution is 7.99. The number of hydrogen-bond acceptors (Lipinski definition) is 3. The third kappa shape index (κ3) is 4.24. The fourth-order valence-electron chi connectivity index (χ4n) is 1.74. The van der Waals surface area contributed by atoms with Gasteiger partial charge < -0.3 is 10.2 Å². The van der Waals surface area contributed by atoms with Crippen LogP contribution in [0.3, 0.4) is 0 Å². The molecule has 2 N–H and O–H groups in total. The topological polar surface area (TPSA) is 74.6 Å². The summed E-state index contributed by atoms with van der Waals surface area (Å²) in [6.07, 6.45) is -0.225. The third-order valence-electron chi connectivity index (χ3n) is 2.69. The monoisotopic (exact) mass is 322 g/mol. The van der Waals surface area contributed by atoms with E-state index in [-0.39, 0.29) is 12.0 Å². The second-order valence-electron chi connectivity index (χ2n) is 4.25. The van der Waals surface area contributed by atoms with Gasteiger partial charge in [-0.25, -0.2) is 4.79 Å². The fourth-order valence-corrected chi connectivity index (χ4v) is 2.79. The second-order valence-corrected chi connectivity index (χ2v) is 5.81. The molecule has 21 heavy (non-hydrogen) atoms. The molecule has 0 spiro atoms. The molecule has 0 aromatic heterocycles. The molecule has 108 valence electrons. The average molecular weight is 323 g/mol. The van der Waals surface area contributed by atoms with Crippen LogP contribution in [0.25, 0.3) is 0 Å². The molecular weight excluding hydrogens is 312 g/mol. The molecule has 2 rings (SSSR count). The molecule has 0 aliphatic heterocycles. The Hall–Kier alpha value is -1.98. The van der Waals surface area contributed by atoms with E-state index in [2.05, 4.69) is 0 Å². The lowest BCUT2D eigenvalue weighted by Crippen LogP contribution is -2.04. The van der Waals surface area contributed by atoms with Crippen LogP contribution in [0.2, 0.25) is 5.02 Å². The van der Waals surface area contributed by atoms with Gasteiger partial charge in [0.15, 0.2) is 0 Å². The Labute approximate surface area is 130 Å². The van der Waals surface area contributed by atoms with Gasteiger partial charge in [-0.05, 0) is 48.0 Å². The molecule has 0 bridgehead atoms. The number of aliphatic carboxylic acids is 1. The molecule has 2 aromatic rings. The SMILES string of the molecule is O=C(O)Cc1cc(C(=O)O)ccc1Sc1ccc(Cl)cc1. The summed E-state index contributed by atoms with van der Waals surface area (Å²) in [6, 6.07) is 11.6. The van der Waals surface area contributed by atoms with Crippen molar-refractivity contribution in [2.75, 3.05) is 0 Å². The summed E-state index contributed by atoms with van der Waals surface area (Å²) >= 11 is 7.19. The summed E-state index contributed by atoms with van der Waals surface area (Å²) in [7, 11) is 0. The third-order valence-corrected chi connectivity index (χ3v) is 4.07. The molecule has 6 heteroatoms. The van der Waals surface area contributed by atoms with E-state index in [1.165, 1.54) is 23.9 Å². The van der Waals surface area contributed by atoms with Crippen LogP contribution in [-0.4, -0.2) is 22.2 Å². The number of benzene rings is 2. The van der Waals surface area contributed by atoms with Crippen LogP contribution in [0.15, 0.2) is 52.3 Å². The van der Waals surface area contributed by atoms with E-state index in [9.17, 15) is 9.59 Å². The first kappa shape index (κ1) is 15.4. The van der Waals surface area contributed by atoms with Crippen molar-refractivity contribution < 1.29 is 19.8 Å². The number of carboxylic acid groups (broad SMARTS) is 2. The summed E-state index contributed by atoms with van der Waals surface area (Å²) in [5.41, 5.74) is 0.550. The average Bonchev–Trinajstić information content (AvgIpc) is 2.42. The number of aromatic carboxylic acids is 1. The van der Waals surface area contributed by atoms with E-state index in [1.807, 2.05) is 12.1 Å². The molecular formula is C15H11ClO4S. The van der Waals surface area contributed by atoms with Crippen LogP contribution in [0, 0.1) is 0 Å². The molecule has 4 nitrogen and oxygen atoms in total. The van der Waals surface area contributed by atoms with Gasteiger partial charge in [0.05, 0.1) is 12.0 Å². The Bertz CT molecular complexity index is 683. The predicted molar refractivity (Wildman–Crippen MR) is 80.3 cm³/mol. The van der Waals surface area contributed by atoms with Gasteiger partial charge in [0.1, 0.15) is 0 Å². The van der Waals surface area contributed by atoms with Gasteiger partial charge in [0, 0.05) is 14.8 Å². The Morgan fingerprint density at radius 2 is 1.71 bits per heavy atom. The molecule has 0 heterocycles. The lowest BCUT2D eigenvalue weighted by atomic mass is 10.1. The summed E-state index contributed by atoms with van der Waals surface area (Å²) in [5.74, 6) is -2.08. The molecule has 0 radical (unpaired) electrons. The quantitative estimate of drug-likeness (QED) is 0.875. The van der Waals surface area contributed by atoms with Crippen molar-refractivity contribution in [3.63, 3.8) is 0 Å². The number of rotatable bonds is 5. The normalized spacial score (nSPS) is 10.3. The molecule has 0 saturated heterocycles. The first-order valence-electron chi connectivity index (χ1n) is 5.97. The lowest BCUT2D eigenvalue weighted by molar-refractivity contribution is -0.136. The van der Waals surface area contributed by atoms with Crippen molar-refractivity contribution in [1.29, 1.82) is 0 Å². The van der Waals surface area contributed by atoms with Crippen LogP contribution in [-0.2, 0) is 11.2 Å². The van der Waals surface area contributed by atoms with Crippen LogP contribution in [0.5, 0.6) is 0 Å². The zero-order valence-electron chi connectivity index (χ0n) is 10.7. The molecule has 2 aromatic carbocycles. The van der Waals surface area contributed by atoms with Crippen LogP contribution < -0.4 is 0 Å². The van der Waals surface area contributed by atoms with Gasteiger partial charge in [0.2, 0.25) is 0 Å². The minimum Gasteiger partial charge on any atom is -0.481 e. The fraction of sp³-hybridized carbons (Fsp3) is 0.0667. The van der Waals surface area contributed by atoms with Crippen LogP contribution in [0.1, 0.15) is 15.9 Å². The van der Waals surface area contributed by atoms with Crippen molar-refractivity contribution >= 4 is 35.3 Å². The lowest BCUT2D eigenvalue weighted by Gasteiger charge is -2.09. The van der Waals surface area contributed by atoms with Crippen LogP contribution >= 0.6 is 23.4 Å².